The van der Waals surface area contributed by atoms with E-state index >= 15 is 0 Å². The number of hydrogen-bond acceptors (Lipinski definition) is 1. The van der Waals surface area contributed by atoms with Gasteiger partial charge in [0, 0.05) is 12.7 Å². The lowest BCUT2D eigenvalue weighted by atomic mass is 10.2. The highest BCUT2D eigenvalue weighted by molar-refractivity contribution is 5.95. The highest BCUT2D eigenvalue weighted by Crippen LogP contribution is 1.96. The zero-order chi connectivity index (χ0) is 8.97. The molecule has 1 heterocycles. The average molecular weight is 165 g/mol. The van der Waals surface area contributed by atoms with E-state index in [9.17, 15) is 0 Å². The van der Waals surface area contributed by atoms with Crippen molar-refractivity contribution in [2.24, 2.45) is 16.6 Å². The number of nitrogens with one attached hydrogen (secondary N) is 1. The maximum absolute atomic E-state index is 5.71. The van der Waals surface area contributed by atoms with Crippen LogP contribution in [-0.2, 0) is 0 Å². The van der Waals surface area contributed by atoms with Crippen LogP contribution >= 0.6 is 0 Å². The van der Waals surface area contributed by atoms with Crippen LogP contribution in [0, 0.1) is 5.92 Å². The van der Waals surface area contributed by atoms with E-state index in [-0.39, 0.29) is 0 Å². The average Bonchev–Trinajstić information content (AvgIpc) is 2.51. The summed E-state index contributed by atoms with van der Waals surface area (Å²) in [6.07, 6.45) is 1.84. The molecule has 1 rings (SSSR count). The molecule has 0 unspecified atom stereocenters. The molecule has 0 bridgehead atoms. The van der Waals surface area contributed by atoms with Gasteiger partial charge in [0.05, 0.1) is 5.69 Å². The summed E-state index contributed by atoms with van der Waals surface area (Å²) in [5.74, 6) is 1.15. The number of hydrogen-bond donors (Lipinski definition) is 2. The molecule has 1 aromatic rings. The Morgan fingerprint density at radius 2 is 2.42 bits per heavy atom. The number of nitrogens with zero attached hydrogens (tertiary/aromatic N) is 1. The quantitative estimate of drug-likeness (QED) is 0.516. The highest BCUT2D eigenvalue weighted by atomic mass is 14.9. The summed E-state index contributed by atoms with van der Waals surface area (Å²) in [5, 5.41) is 0. The van der Waals surface area contributed by atoms with E-state index in [2.05, 4.69) is 23.8 Å². The molecule has 0 aliphatic rings. The van der Waals surface area contributed by atoms with E-state index < -0.39 is 0 Å². The second-order valence-electron chi connectivity index (χ2n) is 3.20. The number of H-pyrrole nitrogens is 1. The molecule has 3 N–H and O–H groups in total. The second-order valence-corrected chi connectivity index (χ2v) is 3.20. The predicted octanol–water partition coefficient (Wildman–Crippen LogP) is 1.38. The third-order valence-corrected chi connectivity index (χ3v) is 1.50. The molecule has 0 aromatic carbocycles. The first-order valence-corrected chi connectivity index (χ1v) is 4.14. The summed E-state index contributed by atoms with van der Waals surface area (Å²) in [6.45, 7) is 5.02. The predicted molar refractivity (Wildman–Crippen MR) is 51.2 cm³/mol. The third-order valence-electron chi connectivity index (χ3n) is 1.50. The van der Waals surface area contributed by atoms with Gasteiger partial charge >= 0.3 is 0 Å². The van der Waals surface area contributed by atoms with Crippen LogP contribution in [0.3, 0.4) is 0 Å². The zero-order valence-electron chi connectivity index (χ0n) is 7.54. The van der Waals surface area contributed by atoms with Gasteiger partial charge < -0.3 is 10.7 Å². The molecule has 0 saturated carbocycles. The van der Waals surface area contributed by atoms with Gasteiger partial charge in [-0.05, 0) is 18.1 Å². The topological polar surface area (TPSA) is 54.2 Å². The van der Waals surface area contributed by atoms with Crippen molar-refractivity contribution in [1.82, 2.24) is 4.98 Å². The van der Waals surface area contributed by atoms with Crippen LogP contribution in [0.5, 0.6) is 0 Å². The van der Waals surface area contributed by atoms with Gasteiger partial charge in [0.1, 0.15) is 5.84 Å². The minimum Gasteiger partial charge on any atom is -0.382 e. The van der Waals surface area contributed by atoms with Crippen LogP contribution in [0.15, 0.2) is 23.3 Å². The van der Waals surface area contributed by atoms with Gasteiger partial charge in [-0.2, -0.15) is 0 Å². The molecule has 0 radical (unpaired) electrons. The van der Waals surface area contributed by atoms with Crippen molar-refractivity contribution in [1.29, 1.82) is 0 Å². The van der Waals surface area contributed by atoms with Crippen molar-refractivity contribution in [2.75, 3.05) is 6.54 Å². The maximum Gasteiger partial charge on any atom is 0.142 e. The van der Waals surface area contributed by atoms with Crippen molar-refractivity contribution in [3.63, 3.8) is 0 Å². The Kier molecular flexibility index (Phi) is 2.91. The van der Waals surface area contributed by atoms with Crippen LogP contribution in [-0.4, -0.2) is 17.4 Å². The molecule has 0 spiro atoms. The summed E-state index contributed by atoms with van der Waals surface area (Å²) >= 11 is 0. The maximum atomic E-state index is 5.71. The first-order chi connectivity index (χ1) is 5.70. The summed E-state index contributed by atoms with van der Waals surface area (Å²) < 4.78 is 0. The summed E-state index contributed by atoms with van der Waals surface area (Å²) in [7, 11) is 0. The molecule has 0 atom stereocenters. The smallest absolute Gasteiger partial charge is 0.142 e. The van der Waals surface area contributed by atoms with Gasteiger partial charge in [-0.15, -0.1) is 0 Å². The minimum absolute atomic E-state index is 0.554. The Hall–Kier alpha value is -1.25. The van der Waals surface area contributed by atoms with E-state index in [1.54, 1.807) is 0 Å². The van der Waals surface area contributed by atoms with Crippen LogP contribution in [0.1, 0.15) is 19.5 Å². The first kappa shape index (κ1) is 8.84. The number of aliphatic imine (C=N–C) groups is 1. The van der Waals surface area contributed by atoms with Crippen LogP contribution in [0.25, 0.3) is 0 Å². The lowest BCUT2D eigenvalue weighted by Crippen LogP contribution is -2.15. The summed E-state index contributed by atoms with van der Waals surface area (Å²) in [6, 6.07) is 3.83. The van der Waals surface area contributed by atoms with Crippen LogP contribution in [0.4, 0.5) is 0 Å². The van der Waals surface area contributed by atoms with Gasteiger partial charge in [-0.25, -0.2) is 0 Å². The van der Waals surface area contributed by atoms with Crippen LogP contribution in [0.2, 0.25) is 0 Å². The molecule has 66 valence electrons. The molecule has 0 aliphatic carbocycles. The first-order valence-electron chi connectivity index (χ1n) is 4.14. The van der Waals surface area contributed by atoms with Gasteiger partial charge in [0.2, 0.25) is 0 Å². The van der Waals surface area contributed by atoms with Crippen molar-refractivity contribution < 1.29 is 0 Å². The van der Waals surface area contributed by atoms with Crippen LogP contribution < -0.4 is 5.73 Å². The Balaban J connectivity index is 2.59. The highest BCUT2D eigenvalue weighted by Gasteiger charge is 1.97. The van der Waals surface area contributed by atoms with Crippen molar-refractivity contribution in [3.05, 3.63) is 24.0 Å². The SMILES string of the molecule is CC(C)CN=C(N)c1ccc[nH]1. The summed E-state index contributed by atoms with van der Waals surface area (Å²) in [4.78, 5) is 7.23. The Labute approximate surface area is 72.7 Å². The zero-order valence-corrected chi connectivity index (χ0v) is 7.54. The third kappa shape index (κ3) is 2.42. The molecule has 12 heavy (non-hydrogen) atoms. The van der Waals surface area contributed by atoms with Crippen molar-refractivity contribution in [3.8, 4) is 0 Å². The molecule has 0 aliphatic heterocycles. The monoisotopic (exact) mass is 165 g/mol. The Morgan fingerprint density at radius 1 is 1.67 bits per heavy atom. The normalized spacial score (nSPS) is 12.4. The number of aromatic nitrogens is 1. The molecule has 0 fully saturated rings. The minimum atomic E-state index is 0.554. The molecule has 3 nitrogen and oxygen atoms in total. The Morgan fingerprint density at radius 3 is 2.92 bits per heavy atom. The fraction of sp³-hybridized carbons (Fsp3) is 0.444. The Bertz CT molecular complexity index is 247. The van der Waals surface area contributed by atoms with Gasteiger partial charge in [0.25, 0.3) is 0 Å². The van der Waals surface area contributed by atoms with E-state index in [0.717, 1.165) is 12.2 Å². The van der Waals surface area contributed by atoms with Gasteiger partial charge in [-0.1, -0.05) is 13.8 Å². The van der Waals surface area contributed by atoms with Gasteiger partial charge in [-0.3, -0.25) is 4.99 Å². The van der Waals surface area contributed by atoms with Gasteiger partial charge in [0.15, 0.2) is 0 Å². The molecular formula is C9H15N3. The number of nitrogens with two attached hydrogens (primary N) is 1. The van der Waals surface area contributed by atoms with Crippen molar-refractivity contribution in [2.45, 2.75) is 13.8 Å². The largest absolute Gasteiger partial charge is 0.382 e. The van der Waals surface area contributed by atoms with E-state index in [0.29, 0.717) is 11.8 Å². The molecule has 3 heteroatoms. The van der Waals surface area contributed by atoms with E-state index in [1.807, 2.05) is 18.3 Å². The number of rotatable bonds is 3. The number of aromatic amines is 1. The fourth-order valence-corrected chi connectivity index (χ4v) is 0.856. The van der Waals surface area contributed by atoms with E-state index in [4.69, 9.17) is 5.73 Å². The molecule has 1 aromatic heterocycles. The lowest BCUT2D eigenvalue weighted by molar-refractivity contribution is 0.665. The number of amidine groups is 1. The second kappa shape index (κ2) is 3.95. The summed E-state index contributed by atoms with van der Waals surface area (Å²) in [5.41, 5.74) is 6.61. The lowest BCUT2D eigenvalue weighted by Gasteiger charge is -2.00. The van der Waals surface area contributed by atoms with E-state index in [1.165, 1.54) is 0 Å². The molecular weight excluding hydrogens is 150 g/mol. The standard InChI is InChI=1S/C9H15N3/c1-7(2)6-12-9(10)8-4-3-5-11-8/h3-5,7,11H,6H2,1-2H3,(H2,10,12). The molecule has 0 saturated heterocycles. The fourth-order valence-electron chi connectivity index (χ4n) is 0.856. The van der Waals surface area contributed by atoms with Crippen molar-refractivity contribution >= 4 is 5.84 Å². The molecule has 0 amide bonds.